The number of furan rings is 1. The van der Waals surface area contributed by atoms with E-state index in [4.69, 9.17) is 16.0 Å². The first-order valence-corrected chi connectivity index (χ1v) is 6.19. The van der Waals surface area contributed by atoms with Gasteiger partial charge in [-0.15, -0.1) is 0 Å². The zero-order valence-corrected chi connectivity index (χ0v) is 11.6. The first kappa shape index (κ1) is 14.7. The molecule has 1 aromatic heterocycles. The second kappa shape index (κ2) is 6.19. The lowest BCUT2D eigenvalue weighted by molar-refractivity contribution is -0.384. The molecule has 8 heteroatoms. The van der Waals surface area contributed by atoms with Gasteiger partial charge in [-0.25, -0.2) is 5.43 Å². The second-order valence-electron chi connectivity index (χ2n) is 4.07. The number of non-ortho nitro benzene ring substituents is 1. The summed E-state index contributed by atoms with van der Waals surface area (Å²) in [7, 11) is 0. The fourth-order valence-electron chi connectivity index (χ4n) is 1.52. The van der Waals surface area contributed by atoms with Crippen molar-refractivity contribution in [3.63, 3.8) is 0 Å². The smallest absolute Gasteiger partial charge is 0.307 e. The molecule has 1 aromatic carbocycles. The Morgan fingerprint density at radius 2 is 2.19 bits per heavy atom. The van der Waals surface area contributed by atoms with Crippen molar-refractivity contribution in [2.75, 3.05) is 0 Å². The van der Waals surface area contributed by atoms with Gasteiger partial charge in [-0.1, -0.05) is 11.6 Å². The van der Waals surface area contributed by atoms with Crippen LogP contribution in [0.3, 0.4) is 0 Å². The maximum absolute atomic E-state index is 11.6. The van der Waals surface area contributed by atoms with Crippen molar-refractivity contribution in [3.05, 3.63) is 62.6 Å². The van der Waals surface area contributed by atoms with Crippen LogP contribution in [0.2, 0.25) is 5.02 Å². The van der Waals surface area contributed by atoms with Gasteiger partial charge in [0.25, 0.3) is 5.69 Å². The third-order valence-corrected chi connectivity index (χ3v) is 2.87. The highest BCUT2D eigenvalue weighted by molar-refractivity contribution is 6.33. The molecule has 0 spiro atoms. The molecule has 1 N–H and O–H groups in total. The molecule has 2 aromatic rings. The number of benzene rings is 1. The monoisotopic (exact) mass is 307 g/mol. The summed E-state index contributed by atoms with van der Waals surface area (Å²) < 4.78 is 5.12. The van der Waals surface area contributed by atoms with Gasteiger partial charge in [0.15, 0.2) is 5.76 Å². The molecule has 0 atom stereocenters. The van der Waals surface area contributed by atoms with Crippen LogP contribution in [0.25, 0.3) is 0 Å². The average Bonchev–Trinajstić information content (AvgIpc) is 2.87. The molecule has 0 saturated carbocycles. The normalized spacial score (nSPS) is 10.8. The highest BCUT2D eigenvalue weighted by Crippen LogP contribution is 2.20. The van der Waals surface area contributed by atoms with Gasteiger partial charge in [0.2, 0.25) is 0 Å². The van der Waals surface area contributed by atoms with E-state index in [0.717, 1.165) is 0 Å². The second-order valence-corrected chi connectivity index (χ2v) is 4.48. The van der Waals surface area contributed by atoms with Crippen molar-refractivity contribution < 1.29 is 14.1 Å². The molecule has 0 bridgehead atoms. The highest BCUT2D eigenvalue weighted by Gasteiger charge is 2.10. The number of nitrogens with one attached hydrogen (secondary N) is 1. The molecule has 0 aliphatic rings. The van der Waals surface area contributed by atoms with E-state index < -0.39 is 10.8 Å². The zero-order valence-electron chi connectivity index (χ0n) is 10.9. The van der Waals surface area contributed by atoms with Crippen molar-refractivity contribution in [1.29, 1.82) is 0 Å². The number of aryl methyl sites for hydroxylation is 1. The number of nitro benzene ring substituents is 1. The first-order valence-electron chi connectivity index (χ1n) is 5.81. The van der Waals surface area contributed by atoms with Crippen molar-refractivity contribution in [2.45, 2.75) is 6.92 Å². The molecule has 1 amide bonds. The van der Waals surface area contributed by atoms with Crippen LogP contribution in [-0.2, 0) is 0 Å². The number of amides is 1. The Morgan fingerprint density at radius 3 is 2.81 bits per heavy atom. The predicted molar refractivity (Wildman–Crippen MR) is 76.6 cm³/mol. The van der Waals surface area contributed by atoms with Gasteiger partial charge in [0.05, 0.1) is 11.1 Å². The number of nitro groups is 1. The lowest BCUT2D eigenvalue weighted by atomic mass is 10.2. The van der Waals surface area contributed by atoms with Crippen LogP contribution in [0.15, 0.2) is 39.9 Å². The van der Waals surface area contributed by atoms with Gasteiger partial charge in [0.1, 0.15) is 5.76 Å². The SMILES string of the molecule is Cc1ccc(C(=O)N/N=C\c2cc([N+](=O)[O-])ccc2Cl)o1. The number of hydrazone groups is 1. The summed E-state index contributed by atoms with van der Waals surface area (Å²) in [5.74, 6) is 0.196. The van der Waals surface area contributed by atoms with Crippen molar-refractivity contribution in [3.8, 4) is 0 Å². The Kier molecular flexibility index (Phi) is 4.34. The number of carbonyl (C=O) groups excluding carboxylic acids is 1. The van der Waals surface area contributed by atoms with E-state index >= 15 is 0 Å². The fraction of sp³-hybridized carbons (Fsp3) is 0.0769. The van der Waals surface area contributed by atoms with E-state index in [1.54, 1.807) is 13.0 Å². The third-order valence-electron chi connectivity index (χ3n) is 2.52. The number of rotatable bonds is 4. The van der Waals surface area contributed by atoms with Gasteiger partial charge in [-0.05, 0) is 25.1 Å². The van der Waals surface area contributed by atoms with Crippen molar-refractivity contribution in [2.24, 2.45) is 5.10 Å². The summed E-state index contributed by atoms with van der Waals surface area (Å²) in [6.45, 7) is 1.71. The molecule has 7 nitrogen and oxygen atoms in total. The summed E-state index contributed by atoms with van der Waals surface area (Å²) in [5.41, 5.74) is 2.45. The van der Waals surface area contributed by atoms with E-state index in [1.165, 1.54) is 30.5 Å². The minimum absolute atomic E-state index is 0.117. The summed E-state index contributed by atoms with van der Waals surface area (Å²) in [5, 5.41) is 14.7. The van der Waals surface area contributed by atoms with Gasteiger partial charge in [-0.2, -0.15) is 5.10 Å². The van der Waals surface area contributed by atoms with Gasteiger partial charge in [-0.3, -0.25) is 14.9 Å². The van der Waals surface area contributed by atoms with Crippen LogP contribution in [0.4, 0.5) is 5.69 Å². The van der Waals surface area contributed by atoms with Gasteiger partial charge in [0, 0.05) is 22.7 Å². The molecule has 0 unspecified atom stereocenters. The van der Waals surface area contributed by atoms with Crippen molar-refractivity contribution >= 4 is 29.4 Å². The lowest BCUT2D eigenvalue weighted by Gasteiger charge is -1.99. The standard InChI is InChI=1S/C13H10ClN3O4/c1-8-2-5-12(21-8)13(18)16-15-7-9-6-10(17(19)20)3-4-11(9)14/h2-7H,1H3,(H,16,18)/b15-7-. The summed E-state index contributed by atoms with van der Waals surface area (Å²) in [4.78, 5) is 21.8. The fourth-order valence-corrected chi connectivity index (χ4v) is 1.68. The predicted octanol–water partition coefficient (Wildman–Crippen LogP) is 2.91. The highest BCUT2D eigenvalue weighted by atomic mass is 35.5. The van der Waals surface area contributed by atoms with Crippen LogP contribution in [0.1, 0.15) is 21.9 Å². The Hall–Kier alpha value is -2.67. The molecule has 21 heavy (non-hydrogen) atoms. The largest absolute Gasteiger partial charge is 0.456 e. The van der Waals surface area contributed by atoms with Gasteiger partial charge < -0.3 is 4.42 Å². The molecule has 0 radical (unpaired) electrons. The van der Waals surface area contributed by atoms with E-state index in [-0.39, 0.29) is 16.5 Å². The zero-order chi connectivity index (χ0) is 15.4. The summed E-state index contributed by atoms with van der Waals surface area (Å²) in [6.07, 6.45) is 1.23. The molecular formula is C13H10ClN3O4. The quantitative estimate of drug-likeness (QED) is 0.533. The minimum Gasteiger partial charge on any atom is -0.456 e. The maximum Gasteiger partial charge on any atom is 0.307 e. The summed E-state index contributed by atoms with van der Waals surface area (Å²) >= 11 is 5.89. The lowest BCUT2D eigenvalue weighted by Crippen LogP contribution is -2.16. The molecule has 0 aliphatic carbocycles. The number of hydrogen-bond donors (Lipinski definition) is 1. The Morgan fingerprint density at radius 1 is 1.43 bits per heavy atom. The minimum atomic E-state index is -0.544. The Balaban J connectivity index is 2.09. The van der Waals surface area contributed by atoms with Crippen LogP contribution >= 0.6 is 11.6 Å². The molecule has 1 heterocycles. The van der Waals surface area contributed by atoms with Gasteiger partial charge >= 0.3 is 5.91 Å². The number of nitrogens with zero attached hydrogens (tertiary/aromatic N) is 2. The number of carbonyl (C=O) groups is 1. The number of hydrogen-bond acceptors (Lipinski definition) is 5. The molecular weight excluding hydrogens is 298 g/mol. The molecule has 0 fully saturated rings. The van der Waals surface area contributed by atoms with E-state index in [9.17, 15) is 14.9 Å². The molecule has 2 rings (SSSR count). The molecule has 0 aliphatic heterocycles. The van der Waals surface area contributed by atoms with Crippen LogP contribution in [-0.4, -0.2) is 17.0 Å². The van der Waals surface area contributed by atoms with Crippen LogP contribution < -0.4 is 5.43 Å². The number of halogens is 1. The Bertz CT molecular complexity index is 724. The summed E-state index contributed by atoms with van der Waals surface area (Å²) in [6, 6.07) is 7.09. The van der Waals surface area contributed by atoms with E-state index in [1.807, 2.05) is 0 Å². The van der Waals surface area contributed by atoms with E-state index in [2.05, 4.69) is 10.5 Å². The average molecular weight is 308 g/mol. The van der Waals surface area contributed by atoms with Crippen LogP contribution in [0, 0.1) is 17.0 Å². The van der Waals surface area contributed by atoms with E-state index in [0.29, 0.717) is 11.3 Å². The molecule has 108 valence electrons. The molecule has 0 saturated heterocycles. The Labute approximate surface area is 124 Å². The third kappa shape index (κ3) is 3.67. The maximum atomic E-state index is 11.6. The topological polar surface area (TPSA) is 97.7 Å². The van der Waals surface area contributed by atoms with Crippen molar-refractivity contribution in [1.82, 2.24) is 5.43 Å². The van der Waals surface area contributed by atoms with Crippen LogP contribution in [0.5, 0.6) is 0 Å². The first-order chi connectivity index (χ1) is 9.97.